The topological polar surface area (TPSA) is 116 Å². The van der Waals surface area contributed by atoms with E-state index in [1.807, 2.05) is 0 Å². The van der Waals surface area contributed by atoms with Crippen molar-refractivity contribution >= 4 is 23.7 Å². The number of Topliss-reactive ketones (excluding diaryl/α,β-unsaturated/α-hetero) is 1. The highest BCUT2D eigenvalue weighted by atomic mass is 16.5. The first-order valence-corrected chi connectivity index (χ1v) is 13.8. The number of carbonyl (C=O) groups is 4. The maximum Gasteiger partial charge on any atom is 0.311 e. The van der Waals surface area contributed by atoms with E-state index >= 15 is 0 Å². The molecule has 0 aliphatic carbocycles. The first kappa shape index (κ1) is 31.5. The Morgan fingerprint density at radius 2 is 1.28 bits per heavy atom. The fourth-order valence-electron chi connectivity index (χ4n) is 4.17. The van der Waals surface area contributed by atoms with E-state index in [1.54, 1.807) is 12.1 Å². The normalized spacial score (nSPS) is 10.6. The summed E-state index contributed by atoms with van der Waals surface area (Å²) >= 11 is 0. The van der Waals surface area contributed by atoms with Crippen LogP contribution in [0, 0.1) is 0 Å². The Kier molecular flexibility index (Phi) is 13.8. The lowest BCUT2D eigenvalue weighted by Crippen LogP contribution is -2.10. The molecule has 8 heteroatoms. The van der Waals surface area contributed by atoms with Gasteiger partial charge in [0.2, 0.25) is 0 Å². The molecule has 1 N–H and O–H groups in total. The van der Waals surface area contributed by atoms with Crippen molar-refractivity contribution < 1.29 is 38.5 Å². The van der Waals surface area contributed by atoms with Crippen LogP contribution >= 0.6 is 0 Å². The van der Waals surface area contributed by atoms with Gasteiger partial charge in [0.1, 0.15) is 23.0 Å². The van der Waals surface area contributed by atoms with E-state index in [9.17, 15) is 24.3 Å². The first-order valence-electron chi connectivity index (χ1n) is 13.8. The molecule has 0 saturated heterocycles. The van der Waals surface area contributed by atoms with Crippen molar-refractivity contribution in [3.63, 3.8) is 0 Å². The Bertz CT molecular complexity index is 1120. The minimum atomic E-state index is -0.621. The van der Waals surface area contributed by atoms with Crippen molar-refractivity contribution in [2.75, 3.05) is 0 Å². The second kappa shape index (κ2) is 17.0. The van der Waals surface area contributed by atoms with Crippen LogP contribution < -0.4 is 14.2 Å². The van der Waals surface area contributed by atoms with E-state index in [4.69, 9.17) is 14.2 Å². The smallest absolute Gasteiger partial charge is 0.311 e. The zero-order valence-corrected chi connectivity index (χ0v) is 23.3. The van der Waals surface area contributed by atoms with Gasteiger partial charge in [0.15, 0.2) is 5.78 Å². The van der Waals surface area contributed by atoms with E-state index in [2.05, 4.69) is 6.92 Å². The van der Waals surface area contributed by atoms with Crippen LogP contribution in [0.2, 0.25) is 0 Å². The number of ether oxygens (including phenoxy) is 3. The summed E-state index contributed by atoms with van der Waals surface area (Å²) in [6, 6.07) is 8.75. The number of phenols is 1. The van der Waals surface area contributed by atoms with Gasteiger partial charge in [-0.1, -0.05) is 64.4 Å². The molecule has 0 heterocycles. The van der Waals surface area contributed by atoms with Crippen molar-refractivity contribution in [1.82, 2.24) is 0 Å². The fraction of sp³-hybridized carbons (Fsp3) is 0.484. The highest BCUT2D eigenvalue weighted by molar-refractivity contribution is 5.99. The van der Waals surface area contributed by atoms with Gasteiger partial charge in [-0.2, -0.15) is 0 Å². The highest BCUT2D eigenvalue weighted by Crippen LogP contribution is 2.29. The zero-order valence-electron chi connectivity index (χ0n) is 23.3. The summed E-state index contributed by atoms with van der Waals surface area (Å²) in [7, 11) is 0. The van der Waals surface area contributed by atoms with Gasteiger partial charge in [0.05, 0.1) is 5.56 Å². The molecule has 0 atom stereocenters. The lowest BCUT2D eigenvalue weighted by Gasteiger charge is -2.11. The van der Waals surface area contributed by atoms with Crippen molar-refractivity contribution in [3.05, 3.63) is 47.5 Å². The van der Waals surface area contributed by atoms with Crippen molar-refractivity contribution in [2.45, 2.75) is 97.8 Å². The second-order valence-electron chi connectivity index (χ2n) is 9.61. The van der Waals surface area contributed by atoms with Gasteiger partial charge in [-0.3, -0.25) is 19.2 Å². The Morgan fingerprint density at radius 1 is 0.692 bits per heavy atom. The van der Waals surface area contributed by atoms with Crippen molar-refractivity contribution in [1.29, 1.82) is 0 Å². The molecule has 0 saturated carbocycles. The van der Waals surface area contributed by atoms with Crippen molar-refractivity contribution in [2.24, 2.45) is 0 Å². The molecule has 0 fully saturated rings. The quantitative estimate of drug-likeness (QED) is 0.0998. The van der Waals surface area contributed by atoms with Gasteiger partial charge in [-0.25, -0.2) is 0 Å². The first-order chi connectivity index (χ1) is 18.7. The summed E-state index contributed by atoms with van der Waals surface area (Å²) in [4.78, 5) is 47.7. The summed E-state index contributed by atoms with van der Waals surface area (Å²) in [5.74, 6) is -1.52. The third-order valence-electron chi connectivity index (χ3n) is 6.16. The molecule has 2 rings (SSSR count). The number of rotatable bonds is 17. The van der Waals surface area contributed by atoms with E-state index in [0.29, 0.717) is 12.0 Å². The second-order valence-corrected chi connectivity index (χ2v) is 9.61. The molecular weight excluding hydrogens is 500 g/mol. The predicted molar refractivity (Wildman–Crippen MR) is 147 cm³/mol. The molecule has 212 valence electrons. The number of benzene rings is 2. The highest BCUT2D eigenvalue weighted by Gasteiger charge is 2.17. The molecule has 0 unspecified atom stereocenters. The van der Waals surface area contributed by atoms with Gasteiger partial charge in [-0.05, 0) is 36.6 Å². The summed E-state index contributed by atoms with van der Waals surface area (Å²) in [5, 5.41) is 10.4. The van der Waals surface area contributed by atoms with E-state index < -0.39 is 11.9 Å². The van der Waals surface area contributed by atoms with Crippen LogP contribution in [0.1, 0.15) is 107 Å². The Balaban J connectivity index is 1.84. The molecule has 39 heavy (non-hydrogen) atoms. The molecule has 2 aromatic carbocycles. The molecule has 0 spiro atoms. The number of hydrogen-bond donors (Lipinski definition) is 1. The van der Waals surface area contributed by atoms with Gasteiger partial charge in [0, 0.05) is 38.8 Å². The average molecular weight is 541 g/mol. The fourth-order valence-corrected chi connectivity index (χ4v) is 4.17. The minimum Gasteiger partial charge on any atom is -0.508 e. The third-order valence-corrected chi connectivity index (χ3v) is 6.16. The standard InChI is InChI=1S/C31H40O8/c1-4-5-6-7-8-9-10-11-12-13-31(36)39-25-16-14-24(29(35)20-25)15-19-28(34)27-18-17-26(37-22(2)32)21-30(27)38-23(3)33/h14,16-18,20-21,35H,4-13,15,19H2,1-3H3. The predicted octanol–water partition coefficient (Wildman–Crippen LogP) is 6.88. The molecule has 0 amide bonds. The van der Waals surface area contributed by atoms with E-state index in [1.165, 1.54) is 76.6 Å². The largest absolute Gasteiger partial charge is 0.508 e. The summed E-state index contributed by atoms with van der Waals surface area (Å²) in [6.07, 6.45) is 11.0. The minimum absolute atomic E-state index is 0.00953. The monoisotopic (exact) mass is 540 g/mol. The lowest BCUT2D eigenvalue weighted by atomic mass is 10.0. The molecule has 0 radical (unpaired) electrons. The van der Waals surface area contributed by atoms with Crippen LogP contribution in [0.4, 0.5) is 0 Å². The third kappa shape index (κ3) is 12.1. The van der Waals surface area contributed by atoms with Crippen LogP contribution in [0.25, 0.3) is 0 Å². The molecule has 2 aromatic rings. The molecule has 0 aromatic heterocycles. The number of phenolic OH excluding ortho intramolecular Hbond substituents is 1. The van der Waals surface area contributed by atoms with Gasteiger partial charge < -0.3 is 19.3 Å². The molecule has 0 aliphatic rings. The number of carbonyl (C=O) groups excluding carboxylic acids is 4. The van der Waals surface area contributed by atoms with Crippen LogP contribution in [-0.4, -0.2) is 28.8 Å². The molecule has 0 aliphatic heterocycles. The Morgan fingerprint density at radius 3 is 1.90 bits per heavy atom. The number of hydrogen-bond acceptors (Lipinski definition) is 8. The van der Waals surface area contributed by atoms with Crippen LogP contribution in [0.15, 0.2) is 36.4 Å². The zero-order chi connectivity index (χ0) is 28.6. The number of aromatic hydroxyl groups is 1. The van der Waals surface area contributed by atoms with E-state index in [0.717, 1.165) is 19.3 Å². The lowest BCUT2D eigenvalue weighted by molar-refractivity contribution is -0.135. The van der Waals surface area contributed by atoms with Crippen LogP contribution in [0.5, 0.6) is 23.0 Å². The van der Waals surface area contributed by atoms with Gasteiger partial charge in [0.25, 0.3) is 0 Å². The number of aryl methyl sites for hydroxylation is 1. The molecule has 0 bridgehead atoms. The Labute approximate surface area is 230 Å². The SMILES string of the molecule is CCCCCCCCCCCC(=O)Oc1ccc(CCC(=O)c2ccc(OC(C)=O)cc2OC(C)=O)c(O)c1. The average Bonchev–Trinajstić information content (AvgIpc) is 2.86. The molecular formula is C31H40O8. The number of esters is 3. The maximum absolute atomic E-state index is 12.9. The number of unbranched alkanes of at least 4 members (excludes halogenated alkanes) is 8. The van der Waals surface area contributed by atoms with Gasteiger partial charge in [-0.15, -0.1) is 0 Å². The summed E-state index contributed by atoms with van der Waals surface area (Å²) in [5.41, 5.74) is 0.662. The van der Waals surface area contributed by atoms with Crippen molar-refractivity contribution in [3.8, 4) is 23.0 Å². The Hall–Kier alpha value is -3.68. The molecule has 8 nitrogen and oxygen atoms in total. The maximum atomic E-state index is 12.9. The van der Waals surface area contributed by atoms with E-state index in [-0.39, 0.29) is 53.2 Å². The van der Waals surface area contributed by atoms with Crippen LogP contribution in [-0.2, 0) is 20.8 Å². The van der Waals surface area contributed by atoms with Crippen LogP contribution in [0.3, 0.4) is 0 Å². The number of ketones is 1. The summed E-state index contributed by atoms with van der Waals surface area (Å²) < 4.78 is 15.5. The summed E-state index contributed by atoms with van der Waals surface area (Å²) in [6.45, 7) is 4.65. The van der Waals surface area contributed by atoms with Gasteiger partial charge >= 0.3 is 17.9 Å².